The van der Waals surface area contributed by atoms with Gasteiger partial charge < -0.3 is 0 Å². The summed E-state index contributed by atoms with van der Waals surface area (Å²) in [6, 6.07) is 0. The van der Waals surface area contributed by atoms with E-state index in [0.717, 1.165) is 17.2 Å². The lowest BCUT2D eigenvalue weighted by atomic mass is 10.3. The predicted octanol–water partition coefficient (Wildman–Crippen LogP) is 1.53. The first-order chi connectivity index (χ1) is 3.31. The van der Waals surface area contributed by atoms with Crippen molar-refractivity contribution in [3.05, 3.63) is 11.6 Å². The summed E-state index contributed by atoms with van der Waals surface area (Å²) in [5, 5.41) is 0.761. The highest BCUT2D eigenvalue weighted by Crippen LogP contribution is 1.88. The third-order valence-corrected chi connectivity index (χ3v) is 0.909. The lowest BCUT2D eigenvalue weighted by Gasteiger charge is -1.78. The highest BCUT2D eigenvalue weighted by atomic mass is 79.9. The molecule has 0 fully saturated rings. The average Bonchev–Trinajstić information content (AvgIpc) is 1.68. The van der Waals surface area contributed by atoms with Crippen molar-refractivity contribution in [1.29, 1.82) is 0 Å². The molecule has 0 unspecified atom stereocenters. The van der Waals surface area contributed by atoms with Crippen LogP contribution in [0.5, 0.6) is 0 Å². The highest BCUT2D eigenvalue weighted by molar-refractivity contribution is 9.09. The van der Waals surface area contributed by atoms with Crippen molar-refractivity contribution < 1.29 is 4.79 Å². The molecule has 2 heteroatoms. The number of aldehydes is 1. The fraction of sp³-hybridized carbons (Fsp3) is 0.400. The van der Waals surface area contributed by atoms with E-state index < -0.39 is 0 Å². The fourth-order valence-corrected chi connectivity index (χ4v) is 0.680. The Morgan fingerprint density at radius 1 is 1.86 bits per heavy atom. The van der Waals surface area contributed by atoms with Gasteiger partial charge in [0, 0.05) is 5.33 Å². The van der Waals surface area contributed by atoms with E-state index in [1.807, 2.05) is 6.08 Å². The molecule has 40 valence electrons. The quantitative estimate of drug-likeness (QED) is 0.342. The van der Waals surface area contributed by atoms with Crippen LogP contribution in [-0.4, -0.2) is 11.6 Å². The number of hydrogen-bond donors (Lipinski definition) is 0. The molecule has 0 heterocycles. The summed E-state index contributed by atoms with van der Waals surface area (Å²) < 4.78 is 0. The van der Waals surface area contributed by atoms with Crippen LogP contribution in [0.3, 0.4) is 0 Å². The molecule has 0 spiro atoms. The maximum absolute atomic E-state index is 9.81. The average molecular weight is 163 g/mol. The Bertz CT molecular complexity index is 86.1. The summed E-state index contributed by atoms with van der Waals surface area (Å²) in [5.74, 6) is 0. The van der Waals surface area contributed by atoms with Gasteiger partial charge in [0.15, 0.2) is 0 Å². The van der Waals surface area contributed by atoms with Crippen LogP contribution in [0.25, 0.3) is 0 Å². The van der Waals surface area contributed by atoms with E-state index in [4.69, 9.17) is 0 Å². The standard InChI is InChI=1S/C5H7BrO/c1-5(4-7)2-3-6/h2,4H,3H2,1H3. The van der Waals surface area contributed by atoms with Gasteiger partial charge in [0.25, 0.3) is 0 Å². The number of carbonyl (C=O) groups is 1. The molecule has 0 bridgehead atoms. The van der Waals surface area contributed by atoms with E-state index in [-0.39, 0.29) is 0 Å². The van der Waals surface area contributed by atoms with E-state index in [9.17, 15) is 4.79 Å². The first kappa shape index (κ1) is 6.89. The van der Waals surface area contributed by atoms with Gasteiger partial charge in [-0.15, -0.1) is 0 Å². The smallest absolute Gasteiger partial charge is 0.145 e. The SMILES string of the molecule is CC(C=O)=CCBr. The van der Waals surface area contributed by atoms with Gasteiger partial charge in [0.2, 0.25) is 0 Å². The molecule has 0 radical (unpaired) electrons. The zero-order valence-electron chi connectivity index (χ0n) is 4.15. The summed E-state index contributed by atoms with van der Waals surface area (Å²) in [4.78, 5) is 9.81. The minimum absolute atomic E-state index is 0.761. The molecule has 0 aromatic rings. The van der Waals surface area contributed by atoms with Crippen molar-refractivity contribution in [2.75, 3.05) is 5.33 Å². The van der Waals surface area contributed by atoms with Crippen LogP contribution in [0.2, 0.25) is 0 Å². The molecule has 0 saturated heterocycles. The number of allylic oxidation sites excluding steroid dienone is 2. The summed E-state index contributed by atoms with van der Waals surface area (Å²) in [5.41, 5.74) is 0.775. The maximum Gasteiger partial charge on any atom is 0.145 e. The number of halogens is 1. The molecule has 0 aliphatic heterocycles. The van der Waals surface area contributed by atoms with Gasteiger partial charge in [0.05, 0.1) is 0 Å². The molecule has 0 rings (SSSR count). The number of alkyl halides is 1. The molecule has 0 aromatic heterocycles. The van der Waals surface area contributed by atoms with E-state index in [1.54, 1.807) is 6.92 Å². The van der Waals surface area contributed by atoms with Crippen LogP contribution in [0, 0.1) is 0 Å². The molecule has 1 nitrogen and oxygen atoms in total. The molecular weight excluding hydrogens is 156 g/mol. The summed E-state index contributed by atoms with van der Waals surface area (Å²) in [6.45, 7) is 1.77. The van der Waals surface area contributed by atoms with Gasteiger partial charge in [-0.05, 0) is 12.5 Å². The predicted molar refractivity (Wildman–Crippen MR) is 33.6 cm³/mol. The molecule has 7 heavy (non-hydrogen) atoms. The normalized spacial score (nSPS) is 11.4. The van der Waals surface area contributed by atoms with E-state index in [1.165, 1.54) is 0 Å². The molecule has 0 aromatic carbocycles. The van der Waals surface area contributed by atoms with E-state index in [2.05, 4.69) is 15.9 Å². The Labute approximate surface area is 51.5 Å². The van der Waals surface area contributed by atoms with Gasteiger partial charge >= 0.3 is 0 Å². The van der Waals surface area contributed by atoms with Crippen LogP contribution >= 0.6 is 15.9 Å². The van der Waals surface area contributed by atoms with Crippen molar-refractivity contribution in [2.45, 2.75) is 6.92 Å². The van der Waals surface area contributed by atoms with Gasteiger partial charge in [-0.2, -0.15) is 0 Å². The second kappa shape index (κ2) is 4.06. The maximum atomic E-state index is 9.81. The largest absolute Gasteiger partial charge is 0.298 e. The Morgan fingerprint density at radius 3 is 2.57 bits per heavy atom. The molecule has 0 N–H and O–H groups in total. The lowest BCUT2D eigenvalue weighted by molar-refractivity contribution is -0.104. The number of hydrogen-bond acceptors (Lipinski definition) is 1. The second-order valence-corrected chi connectivity index (χ2v) is 1.87. The second-order valence-electron chi connectivity index (χ2n) is 1.22. The molecule has 0 aliphatic carbocycles. The Morgan fingerprint density at radius 2 is 2.43 bits per heavy atom. The topological polar surface area (TPSA) is 17.1 Å². The monoisotopic (exact) mass is 162 g/mol. The zero-order valence-corrected chi connectivity index (χ0v) is 5.73. The van der Waals surface area contributed by atoms with Gasteiger partial charge in [-0.25, -0.2) is 0 Å². The summed E-state index contributed by atoms with van der Waals surface area (Å²) in [6.07, 6.45) is 2.65. The number of carbonyl (C=O) groups excluding carboxylic acids is 1. The zero-order chi connectivity index (χ0) is 5.70. The highest BCUT2D eigenvalue weighted by Gasteiger charge is 1.77. The van der Waals surface area contributed by atoms with E-state index in [0.29, 0.717) is 0 Å². The first-order valence-electron chi connectivity index (χ1n) is 1.99. The van der Waals surface area contributed by atoms with Gasteiger partial charge in [0.1, 0.15) is 6.29 Å². The van der Waals surface area contributed by atoms with Crippen molar-refractivity contribution in [1.82, 2.24) is 0 Å². The van der Waals surface area contributed by atoms with Crippen LogP contribution in [0.15, 0.2) is 11.6 Å². The van der Waals surface area contributed by atoms with Crippen molar-refractivity contribution in [2.24, 2.45) is 0 Å². The first-order valence-corrected chi connectivity index (χ1v) is 3.11. The third-order valence-electron chi connectivity index (χ3n) is 0.585. The van der Waals surface area contributed by atoms with Crippen LogP contribution in [0.4, 0.5) is 0 Å². The minimum atomic E-state index is 0.761. The molecule has 0 atom stereocenters. The molecule has 0 aliphatic rings. The van der Waals surface area contributed by atoms with Crippen LogP contribution < -0.4 is 0 Å². The molecule has 0 amide bonds. The third kappa shape index (κ3) is 3.73. The molecular formula is C5H7BrO. The van der Waals surface area contributed by atoms with Crippen molar-refractivity contribution in [3.63, 3.8) is 0 Å². The number of rotatable bonds is 2. The summed E-state index contributed by atoms with van der Waals surface area (Å²) in [7, 11) is 0. The van der Waals surface area contributed by atoms with Crippen molar-refractivity contribution in [3.8, 4) is 0 Å². The molecule has 0 saturated carbocycles. The van der Waals surface area contributed by atoms with Crippen molar-refractivity contribution >= 4 is 22.2 Å². The lowest BCUT2D eigenvalue weighted by Crippen LogP contribution is -1.74. The summed E-state index contributed by atoms with van der Waals surface area (Å²) >= 11 is 3.16. The van der Waals surface area contributed by atoms with E-state index >= 15 is 0 Å². The van der Waals surface area contributed by atoms with Crippen LogP contribution in [0.1, 0.15) is 6.92 Å². The minimum Gasteiger partial charge on any atom is -0.298 e. The van der Waals surface area contributed by atoms with Gasteiger partial charge in [-0.1, -0.05) is 22.0 Å². The van der Waals surface area contributed by atoms with Gasteiger partial charge in [-0.3, -0.25) is 4.79 Å². The fourth-order valence-electron chi connectivity index (χ4n) is 0.170. The Balaban J connectivity index is 3.49. The van der Waals surface area contributed by atoms with Crippen LogP contribution in [-0.2, 0) is 4.79 Å². The Hall–Kier alpha value is -0.110. The Kier molecular flexibility index (Phi) is 4.00.